The summed E-state index contributed by atoms with van der Waals surface area (Å²) in [5.74, 6) is 0.0977. The third-order valence-electron chi connectivity index (χ3n) is 2.97. The molecule has 1 aromatic heterocycles. The number of rotatable bonds is 3. The van der Waals surface area contributed by atoms with E-state index >= 15 is 0 Å². The number of ether oxygens (including phenoxy) is 1. The van der Waals surface area contributed by atoms with Gasteiger partial charge in [0.1, 0.15) is 17.5 Å². The Kier molecular flexibility index (Phi) is 3.67. The summed E-state index contributed by atoms with van der Waals surface area (Å²) in [5, 5.41) is 9.26. The number of carbonyl (C=O) groups excluding carboxylic acids is 1. The number of nitrogens with two attached hydrogens (primary N) is 1. The van der Waals surface area contributed by atoms with Crippen molar-refractivity contribution in [3.63, 3.8) is 0 Å². The van der Waals surface area contributed by atoms with Gasteiger partial charge in [0.2, 0.25) is 0 Å². The van der Waals surface area contributed by atoms with Crippen molar-refractivity contribution in [1.29, 1.82) is 5.26 Å². The summed E-state index contributed by atoms with van der Waals surface area (Å²) >= 11 is 0. The predicted molar refractivity (Wildman–Crippen MR) is 74.2 cm³/mol. The SMILES string of the molecule is COc1ccc(-c2cc(C(N)=O)nc(C)c2C#N)cc1. The van der Waals surface area contributed by atoms with Crippen molar-refractivity contribution in [3.8, 4) is 22.9 Å². The number of nitrogens with zero attached hydrogens (tertiary/aromatic N) is 2. The van der Waals surface area contributed by atoms with Gasteiger partial charge in [-0.15, -0.1) is 0 Å². The molecule has 1 aromatic carbocycles. The number of nitriles is 1. The van der Waals surface area contributed by atoms with Crippen LogP contribution in [-0.2, 0) is 0 Å². The summed E-state index contributed by atoms with van der Waals surface area (Å²) in [6.45, 7) is 1.68. The average Bonchev–Trinajstić information content (AvgIpc) is 2.46. The summed E-state index contributed by atoms with van der Waals surface area (Å²) < 4.78 is 5.10. The van der Waals surface area contributed by atoms with Crippen molar-refractivity contribution < 1.29 is 9.53 Å². The minimum Gasteiger partial charge on any atom is -0.497 e. The van der Waals surface area contributed by atoms with E-state index in [1.54, 1.807) is 26.2 Å². The Morgan fingerprint density at radius 1 is 1.35 bits per heavy atom. The highest BCUT2D eigenvalue weighted by atomic mass is 16.5. The van der Waals surface area contributed by atoms with E-state index in [2.05, 4.69) is 11.1 Å². The number of amides is 1. The van der Waals surface area contributed by atoms with Crippen molar-refractivity contribution >= 4 is 5.91 Å². The molecule has 0 unspecified atom stereocenters. The van der Waals surface area contributed by atoms with E-state index in [9.17, 15) is 10.1 Å². The van der Waals surface area contributed by atoms with Gasteiger partial charge in [-0.2, -0.15) is 5.26 Å². The lowest BCUT2D eigenvalue weighted by atomic mass is 9.98. The molecule has 2 rings (SSSR count). The zero-order valence-electron chi connectivity index (χ0n) is 11.2. The van der Waals surface area contributed by atoms with E-state index in [-0.39, 0.29) is 5.69 Å². The molecule has 5 heteroatoms. The fourth-order valence-electron chi connectivity index (χ4n) is 1.94. The number of carbonyl (C=O) groups is 1. The van der Waals surface area contributed by atoms with Crippen LogP contribution in [0.15, 0.2) is 30.3 Å². The number of pyridine rings is 1. The molecule has 0 aliphatic carbocycles. The Morgan fingerprint density at radius 3 is 2.50 bits per heavy atom. The van der Waals surface area contributed by atoms with Gasteiger partial charge in [-0.1, -0.05) is 12.1 Å². The molecule has 0 bridgehead atoms. The fraction of sp³-hybridized carbons (Fsp3) is 0.133. The second kappa shape index (κ2) is 5.41. The molecule has 2 aromatic rings. The molecule has 0 saturated heterocycles. The molecular formula is C15H13N3O2. The number of primary amides is 1. The molecule has 2 N–H and O–H groups in total. The number of aryl methyl sites for hydroxylation is 1. The third kappa shape index (κ3) is 2.45. The summed E-state index contributed by atoms with van der Waals surface area (Å²) in [7, 11) is 1.58. The van der Waals surface area contributed by atoms with Crippen LogP contribution in [0.2, 0.25) is 0 Å². The van der Waals surface area contributed by atoms with E-state index in [1.165, 1.54) is 6.07 Å². The normalized spacial score (nSPS) is 9.85. The van der Waals surface area contributed by atoms with Crippen LogP contribution >= 0.6 is 0 Å². The van der Waals surface area contributed by atoms with Gasteiger partial charge < -0.3 is 10.5 Å². The maximum Gasteiger partial charge on any atom is 0.267 e. The molecule has 1 heterocycles. The zero-order valence-corrected chi connectivity index (χ0v) is 11.2. The van der Waals surface area contributed by atoms with Crippen molar-refractivity contribution in [3.05, 3.63) is 47.3 Å². The molecule has 100 valence electrons. The van der Waals surface area contributed by atoms with Gasteiger partial charge in [0.25, 0.3) is 5.91 Å². The maximum absolute atomic E-state index is 11.3. The number of hydrogen-bond donors (Lipinski definition) is 1. The molecular weight excluding hydrogens is 254 g/mol. The Labute approximate surface area is 116 Å². The van der Waals surface area contributed by atoms with Gasteiger partial charge in [0, 0.05) is 5.56 Å². The zero-order chi connectivity index (χ0) is 14.7. The average molecular weight is 267 g/mol. The van der Waals surface area contributed by atoms with Gasteiger partial charge >= 0.3 is 0 Å². The molecule has 5 nitrogen and oxygen atoms in total. The maximum atomic E-state index is 11.3. The van der Waals surface area contributed by atoms with Crippen LogP contribution in [0.3, 0.4) is 0 Å². The number of benzene rings is 1. The fourth-order valence-corrected chi connectivity index (χ4v) is 1.94. The first kappa shape index (κ1) is 13.6. The molecule has 0 spiro atoms. The van der Waals surface area contributed by atoms with Crippen molar-refractivity contribution in [1.82, 2.24) is 4.98 Å². The molecule has 0 aliphatic heterocycles. The van der Waals surface area contributed by atoms with Crippen LogP contribution in [0.5, 0.6) is 5.75 Å². The van der Waals surface area contributed by atoms with Crippen molar-refractivity contribution in [2.24, 2.45) is 5.73 Å². The Hall–Kier alpha value is -2.87. The summed E-state index contributed by atoms with van der Waals surface area (Å²) in [6.07, 6.45) is 0. The van der Waals surface area contributed by atoms with Crippen LogP contribution in [0, 0.1) is 18.3 Å². The van der Waals surface area contributed by atoms with Crippen LogP contribution in [0.4, 0.5) is 0 Å². The summed E-state index contributed by atoms with van der Waals surface area (Å²) in [6, 6.07) is 10.9. The monoisotopic (exact) mass is 267 g/mol. The molecule has 0 radical (unpaired) electrons. The molecule has 0 fully saturated rings. The van der Waals surface area contributed by atoms with Crippen LogP contribution in [-0.4, -0.2) is 18.0 Å². The van der Waals surface area contributed by atoms with Gasteiger partial charge in [0.05, 0.1) is 18.4 Å². The van der Waals surface area contributed by atoms with Gasteiger partial charge in [-0.25, -0.2) is 4.98 Å². The predicted octanol–water partition coefficient (Wildman–Crippen LogP) is 2.04. The Balaban J connectivity index is 2.64. The highest BCUT2D eigenvalue weighted by molar-refractivity contribution is 5.93. The summed E-state index contributed by atoms with van der Waals surface area (Å²) in [4.78, 5) is 15.3. The first-order chi connectivity index (χ1) is 9.56. The summed E-state index contributed by atoms with van der Waals surface area (Å²) in [5.41, 5.74) is 7.76. The quantitative estimate of drug-likeness (QED) is 0.921. The second-order valence-corrected chi connectivity index (χ2v) is 4.22. The minimum absolute atomic E-state index is 0.146. The highest BCUT2D eigenvalue weighted by Gasteiger charge is 2.14. The number of aromatic nitrogens is 1. The molecule has 0 atom stereocenters. The van der Waals surface area contributed by atoms with Crippen molar-refractivity contribution in [2.75, 3.05) is 7.11 Å². The van der Waals surface area contributed by atoms with Gasteiger partial charge in [-0.05, 0) is 30.7 Å². The largest absolute Gasteiger partial charge is 0.497 e. The number of hydrogen-bond acceptors (Lipinski definition) is 4. The third-order valence-corrected chi connectivity index (χ3v) is 2.97. The van der Waals surface area contributed by atoms with E-state index in [0.717, 1.165) is 5.56 Å². The first-order valence-corrected chi connectivity index (χ1v) is 5.92. The molecule has 0 saturated carbocycles. The molecule has 0 aliphatic rings. The first-order valence-electron chi connectivity index (χ1n) is 5.92. The van der Waals surface area contributed by atoms with E-state index in [4.69, 9.17) is 10.5 Å². The van der Waals surface area contributed by atoms with Crippen LogP contribution in [0.1, 0.15) is 21.7 Å². The lowest BCUT2D eigenvalue weighted by molar-refractivity contribution is 0.0995. The minimum atomic E-state index is -0.618. The van der Waals surface area contributed by atoms with Crippen molar-refractivity contribution in [2.45, 2.75) is 6.92 Å². The Morgan fingerprint density at radius 2 is 2.00 bits per heavy atom. The highest BCUT2D eigenvalue weighted by Crippen LogP contribution is 2.27. The van der Waals surface area contributed by atoms with E-state index in [1.807, 2.05) is 12.1 Å². The molecule has 20 heavy (non-hydrogen) atoms. The molecule has 1 amide bonds. The van der Waals surface area contributed by atoms with Gasteiger partial charge in [-0.3, -0.25) is 4.79 Å². The smallest absolute Gasteiger partial charge is 0.267 e. The topological polar surface area (TPSA) is 89.0 Å². The Bertz CT molecular complexity index is 700. The lowest BCUT2D eigenvalue weighted by Gasteiger charge is -2.09. The van der Waals surface area contributed by atoms with Gasteiger partial charge in [0.15, 0.2) is 0 Å². The second-order valence-electron chi connectivity index (χ2n) is 4.22. The standard InChI is InChI=1S/C15H13N3O2/c1-9-13(8-16)12(7-14(18-9)15(17)19)10-3-5-11(20-2)6-4-10/h3-7H,1-2H3,(H2,17,19). The van der Waals surface area contributed by atoms with E-state index in [0.29, 0.717) is 22.6 Å². The van der Waals surface area contributed by atoms with Crippen LogP contribution < -0.4 is 10.5 Å². The lowest BCUT2D eigenvalue weighted by Crippen LogP contribution is -2.14. The van der Waals surface area contributed by atoms with E-state index < -0.39 is 5.91 Å². The van der Waals surface area contributed by atoms with Crippen LogP contribution in [0.25, 0.3) is 11.1 Å². The number of methoxy groups -OCH3 is 1.